The van der Waals surface area contributed by atoms with Crippen molar-refractivity contribution in [2.24, 2.45) is 0 Å². The number of nitrogens with one attached hydrogen (secondary N) is 2. The van der Waals surface area contributed by atoms with Gasteiger partial charge in [-0.15, -0.1) is 0 Å². The third kappa shape index (κ3) is 3.82. The van der Waals surface area contributed by atoms with Crippen molar-refractivity contribution in [3.8, 4) is 6.07 Å². The van der Waals surface area contributed by atoms with E-state index in [1.807, 2.05) is 12.1 Å². The van der Waals surface area contributed by atoms with Gasteiger partial charge in [-0.3, -0.25) is 14.5 Å². The molecule has 37 heavy (non-hydrogen) atoms. The highest BCUT2D eigenvalue weighted by molar-refractivity contribution is 6.20. The summed E-state index contributed by atoms with van der Waals surface area (Å²) in [6.45, 7) is 11.2. The van der Waals surface area contributed by atoms with Gasteiger partial charge >= 0.3 is 0 Å². The first-order valence-electron chi connectivity index (χ1n) is 13.3. The maximum atomic E-state index is 13.9. The summed E-state index contributed by atoms with van der Waals surface area (Å²) in [7, 11) is 0. The molecule has 2 saturated heterocycles. The van der Waals surface area contributed by atoms with Crippen molar-refractivity contribution in [2.45, 2.75) is 51.5 Å². The number of carbonyl (C=O) groups is 2. The Morgan fingerprint density at radius 3 is 2.57 bits per heavy atom. The van der Waals surface area contributed by atoms with Gasteiger partial charge in [-0.2, -0.15) is 5.26 Å². The van der Waals surface area contributed by atoms with Gasteiger partial charge in [0.2, 0.25) is 5.91 Å². The molecule has 0 bridgehead atoms. The molecule has 1 atom stereocenters. The minimum Gasteiger partial charge on any atom is -0.369 e. The summed E-state index contributed by atoms with van der Waals surface area (Å²) in [4.78, 5) is 33.9. The Hall–Kier alpha value is -3.63. The molecule has 3 heterocycles. The highest BCUT2D eigenvalue weighted by Gasteiger charge is 2.40. The molecule has 2 N–H and O–H groups in total. The number of aromatic amines is 1. The number of carbonyl (C=O) groups excluding carboxylic acids is 2. The fourth-order valence-corrected chi connectivity index (χ4v) is 6.45. The zero-order valence-corrected chi connectivity index (χ0v) is 21.8. The second kappa shape index (κ2) is 8.74. The van der Waals surface area contributed by atoms with Crippen LogP contribution < -0.4 is 10.2 Å². The molecule has 7 heteroatoms. The van der Waals surface area contributed by atoms with Crippen LogP contribution in [0, 0.1) is 11.3 Å². The summed E-state index contributed by atoms with van der Waals surface area (Å²) in [5.41, 5.74) is 6.97. The summed E-state index contributed by atoms with van der Waals surface area (Å²) < 4.78 is 0. The molecule has 1 aromatic heterocycles. The monoisotopic (exact) mass is 495 g/mol. The van der Waals surface area contributed by atoms with Crippen molar-refractivity contribution < 1.29 is 9.59 Å². The number of nitrogens with zero attached hydrogens (tertiary/aromatic N) is 3. The van der Waals surface area contributed by atoms with E-state index in [4.69, 9.17) is 0 Å². The van der Waals surface area contributed by atoms with E-state index in [-0.39, 0.29) is 23.1 Å². The highest BCUT2D eigenvalue weighted by Crippen LogP contribution is 2.45. The Bertz CT molecular complexity index is 1470. The van der Waals surface area contributed by atoms with Gasteiger partial charge in [0.15, 0.2) is 5.78 Å². The van der Waals surface area contributed by atoms with Crippen LogP contribution in [-0.4, -0.2) is 60.3 Å². The molecule has 7 nitrogen and oxygen atoms in total. The summed E-state index contributed by atoms with van der Waals surface area (Å²) in [5, 5.41) is 13.3. The number of amides is 1. The van der Waals surface area contributed by atoms with Gasteiger partial charge in [-0.25, -0.2) is 0 Å². The number of piperazine rings is 1. The van der Waals surface area contributed by atoms with E-state index in [2.05, 4.69) is 59.1 Å². The van der Waals surface area contributed by atoms with Crippen LogP contribution in [0.25, 0.3) is 10.9 Å². The number of H-pyrrole nitrogens is 1. The van der Waals surface area contributed by atoms with Crippen LogP contribution in [0.1, 0.15) is 71.9 Å². The molecule has 6 rings (SSSR count). The Kier molecular flexibility index (Phi) is 5.61. The average molecular weight is 496 g/mol. The molecule has 1 aliphatic carbocycles. The number of fused-ring (bicyclic) bond motifs is 4. The van der Waals surface area contributed by atoms with Gasteiger partial charge in [-0.05, 0) is 48.2 Å². The number of hydrogen-bond donors (Lipinski definition) is 2. The molecular formula is C30H33N5O2. The van der Waals surface area contributed by atoms with Crippen LogP contribution in [0.2, 0.25) is 0 Å². The minimum absolute atomic E-state index is 0.0602. The number of anilines is 1. The van der Waals surface area contributed by atoms with Crippen LogP contribution in [-0.2, 0) is 16.6 Å². The standard InChI is InChI=1S/C30H33N5O2/c1-4-19-14-22-23(15-25(19)35-11-9-34(10-12-35)17-20-6-8-26(36)32-20)30(2,3)29-27(28(22)37)21-7-5-18(16-31)13-24(21)33-29/h5,7,13-15,20,33H,4,6,8-12,17H2,1-3H3,(H,32,36)/t20-/m0/s1. The van der Waals surface area contributed by atoms with Gasteiger partial charge < -0.3 is 15.2 Å². The van der Waals surface area contributed by atoms with Gasteiger partial charge in [0.05, 0.1) is 17.2 Å². The van der Waals surface area contributed by atoms with Crippen LogP contribution in [0.3, 0.4) is 0 Å². The van der Waals surface area contributed by atoms with Crippen molar-refractivity contribution in [1.82, 2.24) is 15.2 Å². The van der Waals surface area contributed by atoms with Crippen molar-refractivity contribution in [2.75, 3.05) is 37.6 Å². The van der Waals surface area contributed by atoms with Crippen molar-refractivity contribution in [1.29, 1.82) is 5.26 Å². The predicted octanol–water partition coefficient (Wildman–Crippen LogP) is 3.87. The zero-order valence-electron chi connectivity index (χ0n) is 21.8. The van der Waals surface area contributed by atoms with E-state index >= 15 is 0 Å². The fourth-order valence-electron chi connectivity index (χ4n) is 6.45. The second-order valence-corrected chi connectivity index (χ2v) is 11.2. The first kappa shape index (κ1) is 23.7. The lowest BCUT2D eigenvalue weighted by molar-refractivity contribution is -0.119. The Morgan fingerprint density at radius 2 is 1.89 bits per heavy atom. The molecule has 2 fully saturated rings. The Balaban J connectivity index is 1.32. The third-order valence-corrected chi connectivity index (χ3v) is 8.57. The number of rotatable bonds is 4. The van der Waals surface area contributed by atoms with Crippen LogP contribution >= 0.6 is 0 Å². The zero-order chi connectivity index (χ0) is 25.9. The van der Waals surface area contributed by atoms with Gasteiger partial charge in [0, 0.05) is 78.4 Å². The largest absolute Gasteiger partial charge is 0.369 e. The van der Waals surface area contributed by atoms with Crippen LogP contribution in [0.5, 0.6) is 0 Å². The molecule has 0 radical (unpaired) electrons. The number of aromatic nitrogens is 1. The van der Waals surface area contributed by atoms with E-state index in [0.29, 0.717) is 12.0 Å². The second-order valence-electron chi connectivity index (χ2n) is 11.2. The summed E-state index contributed by atoms with van der Waals surface area (Å²) >= 11 is 0. The SMILES string of the molecule is CCc1cc2c(cc1N1CCN(C[C@@H]3CCC(=O)N3)CC1)C(C)(C)c1[nH]c3cc(C#N)ccc3c1C2=O. The first-order valence-corrected chi connectivity index (χ1v) is 13.3. The summed E-state index contributed by atoms with van der Waals surface area (Å²) in [6, 6.07) is 12.4. The minimum atomic E-state index is -0.381. The lowest BCUT2D eigenvalue weighted by Crippen LogP contribution is -2.50. The van der Waals surface area contributed by atoms with Crippen LogP contribution in [0.4, 0.5) is 5.69 Å². The molecule has 0 spiro atoms. The first-order chi connectivity index (χ1) is 17.8. The molecule has 0 unspecified atom stereocenters. The molecule has 190 valence electrons. The summed E-state index contributed by atoms with van der Waals surface area (Å²) in [6.07, 6.45) is 2.43. The van der Waals surface area contributed by atoms with Crippen molar-refractivity contribution in [3.63, 3.8) is 0 Å². The van der Waals surface area contributed by atoms with E-state index in [0.717, 1.165) is 78.9 Å². The maximum Gasteiger partial charge on any atom is 0.220 e. The molecule has 2 aromatic carbocycles. The number of hydrogen-bond acceptors (Lipinski definition) is 5. The molecule has 2 aliphatic heterocycles. The van der Waals surface area contributed by atoms with E-state index < -0.39 is 0 Å². The third-order valence-electron chi connectivity index (χ3n) is 8.57. The van der Waals surface area contributed by atoms with Gasteiger partial charge in [0.25, 0.3) is 0 Å². The summed E-state index contributed by atoms with van der Waals surface area (Å²) in [5.74, 6) is 0.232. The molecule has 3 aromatic rings. The number of aryl methyl sites for hydroxylation is 1. The van der Waals surface area contributed by atoms with E-state index in [1.165, 1.54) is 11.3 Å². The van der Waals surface area contributed by atoms with Crippen molar-refractivity contribution >= 4 is 28.3 Å². The van der Waals surface area contributed by atoms with Gasteiger partial charge in [0.1, 0.15) is 0 Å². The van der Waals surface area contributed by atoms with Gasteiger partial charge in [-0.1, -0.05) is 26.8 Å². The van der Waals surface area contributed by atoms with E-state index in [9.17, 15) is 14.9 Å². The smallest absolute Gasteiger partial charge is 0.220 e. The normalized spacial score (nSPS) is 21.0. The predicted molar refractivity (Wildman–Crippen MR) is 144 cm³/mol. The van der Waals surface area contributed by atoms with Crippen LogP contribution in [0.15, 0.2) is 30.3 Å². The molecule has 3 aliphatic rings. The maximum absolute atomic E-state index is 13.9. The quantitative estimate of drug-likeness (QED) is 0.573. The number of benzene rings is 2. The lowest BCUT2D eigenvalue weighted by atomic mass is 9.70. The van der Waals surface area contributed by atoms with E-state index in [1.54, 1.807) is 6.07 Å². The number of nitriles is 1. The lowest BCUT2D eigenvalue weighted by Gasteiger charge is -2.39. The Morgan fingerprint density at radius 1 is 1.11 bits per heavy atom. The topological polar surface area (TPSA) is 92.2 Å². The highest BCUT2D eigenvalue weighted by atomic mass is 16.2. The Labute approximate surface area is 217 Å². The number of ketones is 1. The van der Waals surface area contributed by atoms with Crippen molar-refractivity contribution in [3.05, 3.63) is 63.8 Å². The fraction of sp³-hybridized carbons (Fsp3) is 0.433. The molecule has 1 amide bonds. The molecular weight excluding hydrogens is 462 g/mol. The average Bonchev–Trinajstić information content (AvgIpc) is 3.50. The molecule has 0 saturated carbocycles.